The number of hydrogen-bond donors (Lipinski definition) is 1. The summed E-state index contributed by atoms with van der Waals surface area (Å²) in [7, 11) is 0. The molecule has 0 unspecified atom stereocenters. The summed E-state index contributed by atoms with van der Waals surface area (Å²) in [6.07, 6.45) is 14.9. The van der Waals surface area contributed by atoms with Gasteiger partial charge in [-0.05, 0) is 93.0 Å². The summed E-state index contributed by atoms with van der Waals surface area (Å²) >= 11 is 3.39. The summed E-state index contributed by atoms with van der Waals surface area (Å²) in [5.74, 6) is -2.09. The van der Waals surface area contributed by atoms with Gasteiger partial charge in [0.25, 0.3) is 5.69 Å². The summed E-state index contributed by atoms with van der Waals surface area (Å²) in [6, 6.07) is 22.5. The second-order valence-corrected chi connectivity index (χ2v) is 13.2. The molecule has 0 aliphatic carbocycles. The lowest BCUT2D eigenvalue weighted by Crippen LogP contribution is -2.32. The molecule has 1 aliphatic heterocycles. The number of benzene rings is 3. The number of ether oxygens (including phenoxy) is 2. The minimum Gasteiger partial charge on any atom is -0.462 e. The van der Waals surface area contributed by atoms with Crippen molar-refractivity contribution in [1.82, 2.24) is 5.32 Å². The Balaban J connectivity index is 1.42. The van der Waals surface area contributed by atoms with E-state index in [4.69, 9.17) is 9.47 Å². The molecule has 1 aliphatic rings. The average Bonchev–Trinajstić information content (AvgIpc) is 3.11. The van der Waals surface area contributed by atoms with Gasteiger partial charge in [0.2, 0.25) is 0 Å². The van der Waals surface area contributed by atoms with Crippen molar-refractivity contribution in [3.63, 3.8) is 0 Å². The van der Waals surface area contributed by atoms with Crippen LogP contribution in [0.4, 0.5) is 5.69 Å². The van der Waals surface area contributed by atoms with Crippen molar-refractivity contribution in [3.8, 4) is 0 Å². The number of carbonyl (C=O) groups excluding carboxylic acids is 2. The highest BCUT2D eigenvalue weighted by Gasteiger charge is 2.38. The van der Waals surface area contributed by atoms with Crippen molar-refractivity contribution in [3.05, 3.63) is 134 Å². The van der Waals surface area contributed by atoms with Crippen molar-refractivity contribution < 1.29 is 24.0 Å². The minimum atomic E-state index is -0.908. The van der Waals surface area contributed by atoms with Gasteiger partial charge >= 0.3 is 11.9 Å². The number of allylic oxidation sites excluding steroid dienone is 4. The van der Waals surface area contributed by atoms with E-state index in [1.807, 2.05) is 36.8 Å². The fourth-order valence-corrected chi connectivity index (χ4v) is 6.26. The van der Waals surface area contributed by atoms with Gasteiger partial charge in [-0.2, -0.15) is 0 Å². The Morgan fingerprint density at radius 3 is 1.67 bits per heavy atom. The second-order valence-electron chi connectivity index (χ2n) is 11.4. The number of rotatable bonds is 16. The van der Waals surface area contributed by atoms with Crippen molar-refractivity contribution in [2.75, 3.05) is 25.7 Å². The molecule has 49 heavy (non-hydrogen) atoms. The maximum Gasteiger partial charge on any atom is 0.336 e. The van der Waals surface area contributed by atoms with Gasteiger partial charge in [0.1, 0.15) is 0 Å². The van der Waals surface area contributed by atoms with E-state index in [1.165, 1.54) is 21.9 Å². The van der Waals surface area contributed by atoms with E-state index >= 15 is 0 Å². The predicted molar refractivity (Wildman–Crippen MR) is 199 cm³/mol. The molecule has 10 heteroatoms. The van der Waals surface area contributed by atoms with E-state index in [1.54, 1.807) is 49.5 Å². The molecule has 0 aromatic heterocycles. The third kappa shape index (κ3) is 10.7. The highest BCUT2D eigenvalue weighted by molar-refractivity contribution is 7.98. The zero-order valence-corrected chi connectivity index (χ0v) is 29.9. The first-order chi connectivity index (χ1) is 23.7. The fourth-order valence-electron chi connectivity index (χ4n) is 5.44. The van der Waals surface area contributed by atoms with Gasteiger partial charge in [-0.1, -0.05) is 60.7 Å². The molecule has 3 aromatic carbocycles. The van der Waals surface area contributed by atoms with Crippen LogP contribution in [-0.2, 0) is 19.1 Å². The van der Waals surface area contributed by atoms with E-state index < -0.39 is 22.8 Å². The lowest BCUT2D eigenvalue weighted by atomic mass is 9.80. The van der Waals surface area contributed by atoms with Crippen LogP contribution in [0.1, 0.15) is 62.1 Å². The Morgan fingerprint density at radius 1 is 0.776 bits per heavy atom. The standard InChI is InChI=1S/C39H42N2O6S2/c1-27-35(38(42)46-24-9-5-7-12-29-16-20-33(48-3)21-17-29)37(31-14-11-15-32(26-31)41(44)45)36(28(2)40-27)39(43)47-25-10-6-8-13-30-18-22-34(49-4)23-19-30/h7-8,11-23,26,37,40H,5-6,9-10,24-25H2,1-4H3/b12-7+,13-8+. The summed E-state index contributed by atoms with van der Waals surface area (Å²) in [5.41, 5.74) is 3.95. The molecule has 0 saturated heterocycles. The van der Waals surface area contributed by atoms with E-state index in [0.717, 1.165) is 11.1 Å². The number of thioether (sulfide) groups is 2. The summed E-state index contributed by atoms with van der Waals surface area (Å²) in [6.45, 7) is 3.81. The van der Waals surface area contributed by atoms with Gasteiger partial charge < -0.3 is 14.8 Å². The number of unbranched alkanes of at least 4 members (excludes halogenated alkanes) is 2. The third-order valence-electron chi connectivity index (χ3n) is 7.96. The molecule has 4 rings (SSSR count). The predicted octanol–water partition coefficient (Wildman–Crippen LogP) is 9.35. The number of nitro benzene ring substituents is 1. The highest BCUT2D eigenvalue weighted by atomic mass is 32.2. The molecular formula is C39H42N2O6S2. The molecule has 1 heterocycles. The Labute approximate surface area is 296 Å². The number of nitrogens with zero attached hydrogens (tertiary/aromatic N) is 1. The molecule has 8 nitrogen and oxygen atoms in total. The van der Waals surface area contributed by atoms with Crippen molar-refractivity contribution >= 4 is 53.3 Å². The smallest absolute Gasteiger partial charge is 0.336 e. The molecule has 0 bridgehead atoms. The zero-order chi connectivity index (χ0) is 35.2. The molecular weight excluding hydrogens is 657 g/mol. The van der Waals surface area contributed by atoms with Crippen LogP contribution in [0.3, 0.4) is 0 Å². The molecule has 0 amide bonds. The molecule has 3 aromatic rings. The van der Waals surface area contributed by atoms with Gasteiger partial charge in [-0.3, -0.25) is 10.1 Å². The molecule has 0 spiro atoms. The first kappa shape index (κ1) is 37.3. The topological polar surface area (TPSA) is 108 Å². The zero-order valence-electron chi connectivity index (χ0n) is 28.3. The molecule has 0 atom stereocenters. The van der Waals surface area contributed by atoms with Gasteiger partial charge in [0.15, 0.2) is 0 Å². The van der Waals surface area contributed by atoms with Crippen LogP contribution in [0.15, 0.2) is 117 Å². The van der Waals surface area contributed by atoms with Crippen LogP contribution in [0.25, 0.3) is 12.2 Å². The summed E-state index contributed by atoms with van der Waals surface area (Å²) in [5, 5.41) is 14.8. The van der Waals surface area contributed by atoms with Gasteiger partial charge in [0.05, 0.1) is 35.2 Å². The fraction of sp³-hybridized carbons (Fsp3) is 0.282. The van der Waals surface area contributed by atoms with Crippen molar-refractivity contribution in [2.24, 2.45) is 0 Å². The number of dihydropyridines is 1. The Hall–Kier alpha value is -4.54. The van der Waals surface area contributed by atoms with Gasteiger partial charge in [0, 0.05) is 33.3 Å². The number of nitro groups is 1. The summed E-state index contributed by atoms with van der Waals surface area (Å²) < 4.78 is 11.4. The lowest BCUT2D eigenvalue weighted by molar-refractivity contribution is -0.384. The second kappa shape index (κ2) is 18.9. The number of non-ortho nitro benzene ring substituents is 1. The first-order valence-corrected chi connectivity index (χ1v) is 18.5. The minimum absolute atomic E-state index is 0.142. The van der Waals surface area contributed by atoms with E-state index in [2.05, 4.69) is 53.8 Å². The Morgan fingerprint density at radius 2 is 1.24 bits per heavy atom. The van der Waals surface area contributed by atoms with Crippen LogP contribution in [0.5, 0.6) is 0 Å². The first-order valence-electron chi connectivity index (χ1n) is 16.1. The SMILES string of the molecule is CSc1ccc(/C=C/CCCOC(=O)C2=C(C)NC(C)=C(C(=O)OCCC/C=C/c3ccc(SC)cc3)C2c2cccc([N+](=O)[O-])c2)cc1. The molecule has 1 N–H and O–H groups in total. The average molecular weight is 699 g/mol. The van der Waals surface area contributed by atoms with Crippen molar-refractivity contribution in [2.45, 2.75) is 55.2 Å². The number of nitrogens with one attached hydrogen (secondary N) is 1. The molecule has 0 saturated carbocycles. The number of hydrogen-bond acceptors (Lipinski definition) is 9. The van der Waals surface area contributed by atoms with Crippen molar-refractivity contribution in [1.29, 1.82) is 0 Å². The highest BCUT2D eigenvalue weighted by Crippen LogP contribution is 2.40. The van der Waals surface area contributed by atoms with Crippen LogP contribution >= 0.6 is 23.5 Å². The maximum absolute atomic E-state index is 13.6. The quantitative estimate of drug-likeness (QED) is 0.0515. The Kier molecular flexibility index (Phi) is 14.3. The summed E-state index contributed by atoms with van der Waals surface area (Å²) in [4.78, 5) is 40.8. The Bertz CT molecular complexity index is 1640. The third-order valence-corrected chi connectivity index (χ3v) is 9.45. The number of esters is 2. The van der Waals surface area contributed by atoms with Crippen LogP contribution < -0.4 is 5.32 Å². The van der Waals surface area contributed by atoms with Crippen LogP contribution in [0, 0.1) is 10.1 Å². The molecule has 0 radical (unpaired) electrons. The lowest BCUT2D eigenvalue weighted by Gasteiger charge is -2.30. The van der Waals surface area contributed by atoms with Gasteiger partial charge in [-0.15, -0.1) is 23.5 Å². The molecule has 0 fully saturated rings. The monoisotopic (exact) mass is 698 g/mol. The van der Waals surface area contributed by atoms with Crippen LogP contribution in [-0.4, -0.2) is 42.6 Å². The largest absolute Gasteiger partial charge is 0.462 e. The normalized spacial score (nSPS) is 13.6. The molecule has 256 valence electrons. The maximum atomic E-state index is 13.6. The van der Waals surface area contributed by atoms with E-state index in [-0.39, 0.29) is 30.0 Å². The van der Waals surface area contributed by atoms with E-state index in [9.17, 15) is 19.7 Å². The van der Waals surface area contributed by atoms with Gasteiger partial charge in [-0.25, -0.2) is 9.59 Å². The van der Waals surface area contributed by atoms with E-state index in [0.29, 0.717) is 42.6 Å². The van der Waals surface area contributed by atoms with Crippen LogP contribution in [0.2, 0.25) is 0 Å². The number of carbonyl (C=O) groups is 2.